The third kappa shape index (κ3) is 2.48. The van der Waals surface area contributed by atoms with E-state index in [2.05, 4.69) is 5.32 Å². The Morgan fingerprint density at radius 2 is 2.29 bits per heavy atom. The molecule has 6 heteroatoms. The summed E-state index contributed by atoms with van der Waals surface area (Å²) in [5.41, 5.74) is 0.248. The highest BCUT2D eigenvalue weighted by Crippen LogP contribution is 2.30. The largest absolute Gasteiger partial charge is 0.496 e. The lowest BCUT2D eigenvalue weighted by molar-refractivity contribution is -0.115. The predicted octanol–water partition coefficient (Wildman–Crippen LogP) is 2.32. The third-order valence-electron chi connectivity index (χ3n) is 2.15. The molecule has 1 heterocycles. The molecule has 0 spiro atoms. The maximum Gasteiger partial charge on any atom is 0.263 e. The molecule has 1 aliphatic heterocycles. The Balaban J connectivity index is 2.45. The van der Waals surface area contributed by atoms with Crippen LogP contribution in [0.15, 0.2) is 23.1 Å². The fourth-order valence-corrected chi connectivity index (χ4v) is 2.41. The first-order valence-electron chi connectivity index (χ1n) is 4.69. The van der Waals surface area contributed by atoms with Crippen molar-refractivity contribution in [1.29, 1.82) is 0 Å². The van der Waals surface area contributed by atoms with E-state index < -0.39 is 5.82 Å². The number of carbonyl (C=O) groups is 1. The number of benzene rings is 1. The molecule has 1 fully saturated rings. The topological polar surface area (TPSA) is 38.3 Å². The molecule has 0 bridgehead atoms. The number of hydrogen-bond acceptors (Lipinski definition) is 4. The van der Waals surface area contributed by atoms with Crippen molar-refractivity contribution in [3.05, 3.63) is 34.5 Å². The quantitative estimate of drug-likeness (QED) is 0.660. The van der Waals surface area contributed by atoms with Crippen LogP contribution in [0, 0.1) is 5.82 Å². The molecule has 1 saturated heterocycles. The van der Waals surface area contributed by atoms with Crippen LogP contribution in [0.4, 0.5) is 4.39 Å². The molecule has 1 aliphatic rings. The van der Waals surface area contributed by atoms with E-state index in [9.17, 15) is 9.18 Å². The average molecular weight is 269 g/mol. The molecule has 1 aromatic carbocycles. The summed E-state index contributed by atoms with van der Waals surface area (Å²) in [6, 6.07) is 4.48. The van der Waals surface area contributed by atoms with Crippen LogP contribution in [0.5, 0.6) is 5.75 Å². The number of halogens is 1. The first kappa shape index (κ1) is 12.1. The highest BCUT2D eigenvalue weighted by Gasteiger charge is 2.23. The van der Waals surface area contributed by atoms with E-state index in [1.165, 1.54) is 19.3 Å². The molecule has 3 nitrogen and oxygen atoms in total. The molecule has 1 aromatic rings. The van der Waals surface area contributed by atoms with Gasteiger partial charge in [-0.3, -0.25) is 4.79 Å². The zero-order valence-electron chi connectivity index (χ0n) is 8.82. The Bertz CT molecular complexity index is 528. The lowest BCUT2D eigenvalue weighted by Crippen LogP contribution is -2.17. The number of ether oxygens (including phenoxy) is 1. The Hall–Kier alpha value is -1.40. The van der Waals surface area contributed by atoms with E-state index in [0.717, 1.165) is 11.8 Å². The van der Waals surface area contributed by atoms with Gasteiger partial charge in [-0.1, -0.05) is 30.0 Å². The van der Waals surface area contributed by atoms with E-state index in [1.54, 1.807) is 12.1 Å². The first-order valence-corrected chi connectivity index (χ1v) is 5.91. The smallest absolute Gasteiger partial charge is 0.263 e. The molecule has 0 aliphatic carbocycles. The summed E-state index contributed by atoms with van der Waals surface area (Å²) in [5, 5.41) is 2.47. The molecular formula is C11H8FNO2S2. The minimum atomic E-state index is -0.442. The van der Waals surface area contributed by atoms with Gasteiger partial charge in [0.25, 0.3) is 5.91 Å². The third-order valence-corrected chi connectivity index (χ3v) is 3.31. The van der Waals surface area contributed by atoms with Crippen LogP contribution in [0.1, 0.15) is 5.56 Å². The lowest BCUT2D eigenvalue weighted by atomic mass is 10.1. The second-order valence-electron chi connectivity index (χ2n) is 3.21. The summed E-state index contributed by atoms with van der Waals surface area (Å²) in [6.07, 6.45) is 1.44. The standard InChI is InChI=1S/C11H8FNO2S2/c1-15-8-4-2-3-7(12)6(8)5-9-10(14)13-11(16)17-9/h2-5H,1H3,(H,13,14,16)/b9-5-. The SMILES string of the molecule is COc1cccc(F)c1/C=C1\SC(=S)NC1=O. The van der Waals surface area contributed by atoms with Gasteiger partial charge >= 0.3 is 0 Å². The van der Waals surface area contributed by atoms with E-state index in [4.69, 9.17) is 17.0 Å². The minimum Gasteiger partial charge on any atom is -0.496 e. The fraction of sp³-hybridized carbons (Fsp3) is 0.0909. The molecule has 0 atom stereocenters. The van der Waals surface area contributed by atoms with E-state index in [1.807, 2.05) is 0 Å². The summed E-state index contributed by atoms with van der Waals surface area (Å²) in [5.74, 6) is -0.378. The van der Waals surface area contributed by atoms with Crippen molar-refractivity contribution in [2.45, 2.75) is 0 Å². The number of hydrogen-bond donors (Lipinski definition) is 1. The molecule has 1 amide bonds. The highest BCUT2D eigenvalue weighted by atomic mass is 32.2. The van der Waals surface area contributed by atoms with E-state index in [0.29, 0.717) is 15.0 Å². The van der Waals surface area contributed by atoms with Crippen molar-refractivity contribution in [1.82, 2.24) is 5.32 Å². The summed E-state index contributed by atoms with van der Waals surface area (Å²) >= 11 is 5.95. The number of methoxy groups -OCH3 is 1. The summed E-state index contributed by atoms with van der Waals surface area (Å²) < 4.78 is 19.0. The molecule has 17 heavy (non-hydrogen) atoms. The number of amides is 1. The summed E-state index contributed by atoms with van der Waals surface area (Å²) in [4.78, 5) is 11.8. The first-order chi connectivity index (χ1) is 8.11. The Morgan fingerprint density at radius 1 is 1.53 bits per heavy atom. The lowest BCUT2D eigenvalue weighted by Gasteiger charge is -2.05. The van der Waals surface area contributed by atoms with Crippen molar-refractivity contribution >= 4 is 40.3 Å². The number of thiocarbonyl (C=S) groups is 1. The van der Waals surface area contributed by atoms with Crippen LogP contribution >= 0.6 is 24.0 Å². The maximum atomic E-state index is 13.6. The normalized spacial score (nSPS) is 17.4. The average Bonchev–Trinajstić information content (AvgIpc) is 2.60. The summed E-state index contributed by atoms with van der Waals surface area (Å²) in [6.45, 7) is 0. The van der Waals surface area contributed by atoms with Crippen LogP contribution in [0.2, 0.25) is 0 Å². The second-order valence-corrected chi connectivity index (χ2v) is 4.93. The van der Waals surface area contributed by atoms with Gasteiger partial charge in [-0.25, -0.2) is 4.39 Å². The number of nitrogens with one attached hydrogen (secondary N) is 1. The van der Waals surface area contributed by atoms with Crippen molar-refractivity contribution in [3.63, 3.8) is 0 Å². The van der Waals surface area contributed by atoms with Crippen molar-refractivity contribution in [2.75, 3.05) is 7.11 Å². The van der Waals surface area contributed by atoms with Gasteiger partial charge in [0.1, 0.15) is 15.9 Å². The number of carbonyl (C=O) groups excluding carboxylic acids is 1. The van der Waals surface area contributed by atoms with Gasteiger partial charge in [0.15, 0.2) is 0 Å². The molecule has 1 N–H and O–H groups in total. The number of thioether (sulfide) groups is 1. The van der Waals surface area contributed by atoms with Crippen LogP contribution in [-0.2, 0) is 4.79 Å². The van der Waals surface area contributed by atoms with E-state index >= 15 is 0 Å². The van der Waals surface area contributed by atoms with Crippen LogP contribution < -0.4 is 10.1 Å². The highest BCUT2D eigenvalue weighted by molar-refractivity contribution is 8.26. The van der Waals surface area contributed by atoms with Crippen LogP contribution in [0.3, 0.4) is 0 Å². The molecule has 2 rings (SSSR count). The Kier molecular flexibility index (Phi) is 3.44. The zero-order chi connectivity index (χ0) is 12.4. The second kappa shape index (κ2) is 4.85. The maximum absolute atomic E-state index is 13.6. The molecule has 0 unspecified atom stereocenters. The van der Waals surface area contributed by atoms with Gasteiger partial charge in [0.05, 0.1) is 17.6 Å². The van der Waals surface area contributed by atoms with Gasteiger partial charge in [-0.15, -0.1) is 0 Å². The molecule has 0 aromatic heterocycles. The van der Waals surface area contributed by atoms with Gasteiger partial charge in [-0.05, 0) is 18.2 Å². The van der Waals surface area contributed by atoms with Crippen LogP contribution in [0.25, 0.3) is 6.08 Å². The Labute approximate surface area is 107 Å². The monoisotopic (exact) mass is 269 g/mol. The van der Waals surface area contributed by atoms with Crippen LogP contribution in [-0.4, -0.2) is 17.3 Å². The van der Waals surface area contributed by atoms with Gasteiger partial charge < -0.3 is 10.1 Å². The van der Waals surface area contributed by atoms with Gasteiger partial charge in [0, 0.05) is 0 Å². The molecular weight excluding hydrogens is 261 g/mol. The van der Waals surface area contributed by atoms with Crippen molar-refractivity contribution in [3.8, 4) is 5.75 Å². The van der Waals surface area contributed by atoms with Gasteiger partial charge in [0.2, 0.25) is 0 Å². The molecule has 0 radical (unpaired) electrons. The van der Waals surface area contributed by atoms with E-state index in [-0.39, 0.29) is 11.5 Å². The predicted molar refractivity (Wildman–Crippen MR) is 69.3 cm³/mol. The summed E-state index contributed by atoms with van der Waals surface area (Å²) in [7, 11) is 1.45. The van der Waals surface area contributed by atoms with Crippen molar-refractivity contribution in [2.24, 2.45) is 0 Å². The number of rotatable bonds is 2. The van der Waals surface area contributed by atoms with Crippen molar-refractivity contribution < 1.29 is 13.9 Å². The molecule has 88 valence electrons. The fourth-order valence-electron chi connectivity index (χ4n) is 1.39. The zero-order valence-corrected chi connectivity index (χ0v) is 10.5. The Morgan fingerprint density at radius 3 is 2.88 bits per heavy atom. The minimum absolute atomic E-state index is 0.248. The van der Waals surface area contributed by atoms with Gasteiger partial charge in [-0.2, -0.15) is 0 Å². The molecule has 0 saturated carbocycles.